The number of para-hydroxylation sites is 2. The molecule has 0 spiro atoms. The highest BCUT2D eigenvalue weighted by Crippen LogP contribution is 2.30. The molecular formula is C44H49N10+. The van der Waals surface area contributed by atoms with E-state index < -0.39 is 0 Å². The fraction of sp³-hybridized carbons (Fsp3) is 0.250. The van der Waals surface area contributed by atoms with E-state index in [1.54, 1.807) is 12.4 Å². The van der Waals surface area contributed by atoms with Crippen molar-refractivity contribution in [3.63, 3.8) is 0 Å². The minimum absolute atomic E-state index is 0.457. The van der Waals surface area contributed by atoms with Gasteiger partial charge >= 0.3 is 0 Å². The fourth-order valence-corrected chi connectivity index (χ4v) is 6.91. The maximum absolute atomic E-state index is 6.11. The number of allylic oxidation sites excluding steroid dienone is 3. The van der Waals surface area contributed by atoms with Crippen molar-refractivity contribution in [2.45, 2.75) is 58.8 Å². The molecule has 0 atom stereocenters. The lowest BCUT2D eigenvalue weighted by Crippen LogP contribution is -2.33. The molecule has 10 nitrogen and oxygen atoms in total. The van der Waals surface area contributed by atoms with Gasteiger partial charge in [-0.15, -0.1) is 4.57 Å². The van der Waals surface area contributed by atoms with Crippen LogP contribution in [0.3, 0.4) is 0 Å². The maximum Gasteiger partial charge on any atom is 0.242 e. The van der Waals surface area contributed by atoms with Gasteiger partial charge in [0.05, 0.1) is 24.1 Å². The largest absolute Gasteiger partial charge is 0.385 e. The van der Waals surface area contributed by atoms with E-state index in [0.29, 0.717) is 11.6 Å². The molecular weight excluding hydrogens is 669 g/mol. The Morgan fingerprint density at radius 3 is 2.13 bits per heavy atom. The molecule has 3 aromatic carbocycles. The summed E-state index contributed by atoms with van der Waals surface area (Å²) in [6.45, 7) is 6.18. The molecule has 274 valence electrons. The number of aliphatic imine (C=N–C) groups is 1. The minimum atomic E-state index is 0.457. The number of nitrogens with one attached hydrogen (secondary N) is 3. The molecule has 3 heterocycles. The Bertz CT molecular complexity index is 2330. The predicted molar refractivity (Wildman–Crippen MR) is 224 cm³/mol. The number of nitrogens with two attached hydrogens (primary N) is 2. The first-order valence-corrected chi connectivity index (χ1v) is 18.9. The van der Waals surface area contributed by atoms with E-state index in [2.05, 4.69) is 92.9 Å². The molecule has 3 aromatic heterocycles. The van der Waals surface area contributed by atoms with E-state index in [4.69, 9.17) is 21.4 Å². The molecule has 0 aliphatic heterocycles. The molecule has 1 aliphatic rings. The first-order valence-electron chi connectivity index (χ1n) is 18.9. The topological polar surface area (TPSA) is 143 Å². The highest BCUT2D eigenvalue weighted by atomic mass is 15.0. The summed E-state index contributed by atoms with van der Waals surface area (Å²) in [5.74, 6) is 0.933. The van der Waals surface area contributed by atoms with Crippen LogP contribution in [0.1, 0.15) is 57.4 Å². The monoisotopic (exact) mass is 717 g/mol. The lowest BCUT2D eigenvalue weighted by molar-refractivity contribution is -0.538. The molecule has 0 radical (unpaired) electrons. The average molecular weight is 718 g/mol. The highest BCUT2D eigenvalue weighted by molar-refractivity contribution is 6.01. The van der Waals surface area contributed by atoms with Gasteiger partial charge in [-0.2, -0.15) is 0 Å². The van der Waals surface area contributed by atoms with E-state index in [-0.39, 0.29) is 0 Å². The third kappa shape index (κ3) is 8.83. The van der Waals surface area contributed by atoms with Crippen LogP contribution in [-0.4, -0.2) is 33.8 Å². The number of nitrogen functional groups attached to an aromatic ring is 2. The first kappa shape index (κ1) is 36.1. The van der Waals surface area contributed by atoms with E-state index in [1.807, 2.05) is 48.5 Å². The Labute approximate surface area is 317 Å². The van der Waals surface area contributed by atoms with Gasteiger partial charge in [-0.3, -0.25) is 0 Å². The molecule has 0 fully saturated rings. The van der Waals surface area contributed by atoms with Crippen molar-refractivity contribution in [2.24, 2.45) is 4.99 Å². The summed E-state index contributed by atoms with van der Waals surface area (Å²) in [5.41, 5.74) is 25.2. The molecule has 54 heavy (non-hydrogen) atoms. The van der Waals surface area contributed by atoms with Crippen molar-refractivity contribution in [3.05, 3.63) is 126 Å². The molecule has 7 N–H and O–H groups in total. The Hall–Kier alpha value is -6.29. The molecule has 1 aliphatic carbocycles. The molecule has 0 unspecified atom stereocenters. The molecule has 0 bridgehead atoms. The van der Waals surface area contributed by atoms with Gasteiger partial charge in [0.1, 0.15) is 22.8 Å². The van der Waals surface area contributed by atoms with Gasteiger partial charge in [0.2, 0.25) is 16.7 Å². The first-order chi connectivity index (χ1) is 26.4. The number of nitrogens with zero attached hydrogens (tertiary/aromatic N) is 5. The van der Waals surface area contributed by atoms with Gasteiger partial charge in [-0.1, -0.05) is 68.2 Å². The van der Waals surface area contributed by atoms with Gasteiger partial charge in [0.25, 0.3) is 0 Å². The highest BCUT2D eigenvalue weighted by Gasteiger charge is 2.21. The van der Waals surface area contributed by atoms with Gasteiger partial charge < -0.3 is 27.4 Å². The Morgan fingerprint density at radius 1 is 0.704 bits per heavy atom. The zero-order valence-electron chi connectivity index (χ0n) is 31.1. The molecule has 0 saturated heterocycles. The summed E-state index contributed by atoms with van der Waals surface area (Å²) in [6.07, 6.45) is 15.8. The quantitative estimate of drug-likeness (QED) is 0.0402. The van der Waals surface area contributed by atoms with Gasteiger partial charge in [-0.25, -0.2) is 19.9 Å². The fourth-order valence-electron chi connectivity index (χ4n) is 6.91. The smallest absolute Gasteiger partial charge is 0.242 e. The average Bonchev–Trinajstić information content (AvgIpc) is 3.17. The molecule has 0 saturated carbocycles. The number of hydrogen-bond donors (Lipinski definition) is 5. The summed E-state index contributed by atoms with van der Waals surface area (Å²) >= 11 is 0. The number of aromatic nitrogens is 4. The zero-order chi connectivity index (χ0) is 37.3. The molecule has 7 rings (SSSR count). The van der Waals surface area contributed by atoms with Crippen LogP contribution in [0, 0.1) is 6.92 Å². The van der Waals surface area contributed by atoms with Gasteiger partial charge in [-0.05, 0) is 62.1 Å². The summed E-state index contributed by atoms with van der Waals surface area (Å²) < 4.78 is 2.23. The van der Waals surface area contributed by atoms with E-state index in [0.717, 1.165) is 88.6 Å². The van der Waals surface area contributed by atoms with Crippen molar-refractivity contribution in [3.8, 4) is 5.69 Å². The Kier molecular flexibility index (Phi) is 11.4. The lowest BCUT2D eigenvalue weighted by atomic mass is 10.0. The van der Waals surface area contributed by atoms with Crippen molar-refractivity contribution >= 4 is 62.2 Å². The summed E-state index contributed by atoms with van der Waals surface area (Å²) in [4.78, 5) is 18.4. The number of hydrogen-bond acceptors (Lipinski definition) is 9. The second-order valence-corrected chi connectivity index (χ2v) is 13.9. The Balaban J connectivity index is 0.850. The molecule has 6 aromatic rings. The SMILES string of the molecule is CC1=CC(=Nc2cnc(N)cc2Nc2ccccc2)CC=C1NCCCCCCCCNc1cc2c(cc1C)nc1cnc(N)cc1[n+]2-c1ccccc1. The van der Waals surface area contributed by atoms with Crippen molar-refractivity contribution in [2.75, 3.05) is 35.2 Å². The van der Waals surface area contributed by atoms with E-state index in [9.17, 15) is 0 Å². The van der Waals surface area contributed by atoms with Crippen LogP contribution < -0.4 is 32.0 Å². The van der Waals surface area contributed by atoms with Crippen molar-refractivity contribution < 1.29 is 4.57 Å². The minimum Gasteiger partial charge on any atom is -0.385 e. The van der Waals surface area contributed by atoms with E-state index >= 15 is 0 Å². The van der Waals surface area contributed by atoms with Crippen molar-refractivity contribution in [1.29, 1.82) is 0 Å². The number of pyridine rings is 2. The van der Waals surface area contributed by atoms with Crippen LogP contribution in [0.15, 0.2) is 126 Å². The Morgan fingerprint density at radius 2 is 1.37 bits per heavy atom. The molecule has 0 amide bonds. The summed E-state index contributed by atoms with van der Waals surface area (Å²) in [5, 5.41) is 10.8. The lowest BCUT2D eigenvalue weighted by Gasteiger charge is -2.17. The number of benzene rings is 3. The number of unbranched alkanes of at least 4 members (excludes halogenated alkanes) is 5. The van der Waals surface area contributed by atoms with Gasteiger partial charge in [0, 0.05) is 66.6 Å². The standard InChI is InChI=1S/C44H48N10/c1-30-23-33(52-39-28-49-43(45)26-37(39)51-32-15-9-7-10-16-32)19-20-35(30)47-21-13-5-3-4-6-14-22-48-36-25-41-38(24-31(36)2)53-40-29-50-44(46)27-42(40)54(41)34-17-11-8-12-18-34/h7-12,15-18,20,23-29,47H,3-6,13-14,19,21-22H2,1-2H3,(H5,45,46,48,49,50,51)/p+1. The summed E-state index contributed by atoms with van der Waals surface area (Å²) in [7, 11) is 0. The second kappa shape index (κ2) is 17.0. The van der Waals surface area contributed by atoms with Crippen LogP contribution in [0.25, 0.3) is 27.8 Å². The van der Waals surface area contributed by atoms with Crippen LogP contribution in [-0.2, 0) is 0 Å². The normalized spacial score (nSPS) is 13.6. The summed E-state index contributed by atoms with van der Waals surface area (Å²) in [6, 6.07) is 28.5. The number of aryl methyl sites for hydroxylation is 1. The zero-order valence-corrected chi connectivity index (χ0v) is 31.1. The van der Waals surface area contributed by atoms with Crippen LogP contribution in [0.4, 0.5) is 34.4 Å². The number of fused-ring (bicyclic) bond motifs is 2. The third-order valence-corrected chi connectivity index (χ3v) is 9.72. The molecule has 10 heteroatoms. The van der Waals surface area contributed by atoms with Crippen LogP contribution in [0.5, 0.6) is 0 Å². The predicted octanol–water partition coefficient (Wildman–Crippen LogP) is 9.02. The van der Waals surface area contributed by atoms with E-state index in [1.165, 1.54) is 42.5 Å². The number of rotatable bonds is 15. The third-order valence-electron chi connectivity index (χ3n) is 9.72. The maximum atomic E-state index is 6.11. The van der Waals surface area contributed by atoms with Gasteiger partial charge in [0.15, 0.2) is 5.52 Å². The van der Waals surface area contributed by atoms with Crippen LogP contribution >= 0.6 is 0 Å². The van der Waals surface area contributed by atoms with Crippen molar-refractivity contribution in [1.82, 2.24) is 20.3 Å². The number of anilines is 5. The second-order valence-electron chi connectivity index (χ2n) is 13.9. The van der Waals surface area contributed by atoms with Crippen LogP contribution in [0.2, 0.25) is 0 Å².